The first kappa shape index (κ1) is 14.0. The molecule has 2 bridgehead atoms. The van der Waals surface area contributed by atoms with E-state index < -0.39 is 0 Å². The molecule has 0 radical (unpaired) electrons. The van der Waals surface area contributed by atoms with E-state index in [0.717, 1.165) is 12.8 Å². The summed E-state index contributed by atoms with van der Waals surface area (Å²) in [5.74, 6) is -0.0513. The average molecular weight is 291 g/mol. The fourth-order valence-corrected chi connectivity index (χ4v) is 5.08. The Hall–Kier alpha value is -1.00. The minimum atomic E-state index is -0.0457. The zero-order chi connectivity index (χ0) is 14.1. The molecule has 0 aromatic heterocycles. The highest BCUT2D eigenvalue weighted by Crippen LogP contribution is 2.45. The number of nitrogens with zero attached hydrogens (tertiary/aromatic N) is 1. The molecule has 0 saturated carbocycles. The molecule has 4 atom stereocenters. The van der Waals surface area contributed by atoms with Crippen molar-refractivity contribution in [2.75, 3.05) is 14.2 Å². The number of methoxy groups -OCH3 is 1. The lowest BCUT2D eigenvalue weighted by Gasteiger charge is -2.41. The van der Waals surface area contributed by atoms with Gasteiger partial charge < -0.3 is 4.74 Å². The van der Waals surface area contributed by atoms with Crippen molar-refractivity contribution in [3.8, 4) is 0 Å². The lowest BCUT2D eigenvalue weighted by atomic mass is 9.90. The van der Waals surface area contributed by atoms with E-state index in [4.69, 9.17) is 4.74 Å². The molecule has 108 valence electrons. The summed E-state index contributed by atoms with van der Waals surface area (Å²) in [6, 6.07) is 11.4. The maximum atomic E-state index is 12.2. The van der Waals surface area contributed by atoms with Gasteiger partial charge in [0, 0.05) is 22.2 Å². The van der Waals surface area contributed by atoms with E-state index in [1.54, 1.807) is 0 Å². The third-order valence-electron chi connectivity index (χ3n) is 4.72. The molecule has 1 aromatic rings. The number of esters is 1. The molecule has 1 aromatic carbocycles. The van der Waals surface area contributed by atoms with Crippen molar-refractivity contribution >= 4 is 17.7 Å². The normalized spacial score (nSPS) is 33.1. The largest absolute Gasteiger partial charge is 0.469 e. The van der Waals surface area contributed by atoms with Gasteiger partial charge in [0.1, 0.15) is 0 Å². The van der Waals surface area contributed by atoms with Crippen LogP contribution in [0.2, 0.25) is 0 Å². The van der Waals surface area contributed by atoms with Crippen molar-refractivity contribution in [2.45, 2.75) is 41.5 Å². The van der Waals surface area contributed by atoms with Crippen molar-refractivity contribution in [2.24, 2.45) is 5.92 Å². The maximum absolute atomic E-state index is 12.2. The summed E-state index contributed by atoms with van der Waals surface area (Å²) in [4.78, 5) is 15.9. The highest BCUT2D eigenvalue weighted by atomic mass is 32.2. The first-order valence-electron chi connectivity index (χ1n) is 7.22. The number of hydrogen-bond acceptors (Lipinski definition) is 4. The quantitative estimate of drug-likeness (QED) is 0.801. The second-order valence-electron chi connectivity index (χ2n) is 5.72. The molecule has 2 fully saturated rings. The van der Waals surface area contributed by atoms with Crippen LogP contribution in [0.3, 0.4) is 0 Å². The van der Waals surface area contributed by atoms with Crippen LogP contribution in [-0.4, -0.2) is 42.4 Å². The minimum absolute atomic E-state index is 0.00560. The molecule has 0 spiro atoms. The van der Waals surface area contributed by atoms with Crippen molar-refractivity contribution in [3.63, 3.8) is 0 Å². The zero-order valence-corrected chi connectivity index (χ0v) is 12.8. The van der Waals surface area contributed by atoms with Gasteiger partial charge in [-0.3, -0.25) is 9.69 Å². The van der Waals surface area contributed by atoms with E-state index in [0.29, 0.717) is 17.3 Å². The highest BCUT2D eigenvalue weighted by Gasteiger charge is 2.49. The van der Waals surface area contributed by atoms with Gasteiger partial charge in [-0.05, 0) is 38.4 Å². The van der Waals surface area contributed by atoms with Gasteiger partial charge in [-0.1, -0.05) is 18.2 Å². The topological polar surface area (TPSA) is 29.5 Å². The molecule has 0 unspecified atom stereocenters. The molecule has 2 aliphatic heterocycles. The van der Waals surface area contributed by atoms with Crippen LogP contribution in [0, 0.1) is 5.92 Å². The first-order chi connectivity index (χ1) is 9.70. The van der Waals surface area contributed by atoms with Crippen molar-refractivity contribution in [1.29, 1.82) is 0 Å². The molecule has 2 heterocycles. The zero-order valence-electron chi connectivity index (χ0n) is 12.0. The van der Waals surface area contributed by atoms with Crippen molar-refractivity contribution in [1.82, 2.24) is 4.90 Å². The standard InChI is InChI=1S/C16H21NO2S/c1-17-11-8-9-13(17)15(16(18)19-2)14(10-11)20-12-6-4-3-5-7-12/h3-7,11,13-15H,8-10H2,1-2H3/t11-,13+,14-,15-/m0/s1. The lowest BCUT2D eigenvalue weighted by Crippen LogP contribution is -2.51. The Balaban J connectivity index is 1.82. The van der Waals surface area contributed by atoms with Crippen LogP contribution in [0.1, 0.15) is 19.3 Å². The molecule has 0 N–H and O–H groups in total. The predicted octanol–water partition coefficient (Wildman–Crippen LogP) is 2.80. The van der Waals surface area contributed by atoms with Gasteiger partial charge in [0.25, 0.3) is 0 Å². The summed E-state index contributed by atoms with van der Waals surface area (Å²) in [5, 5.41) is 0.332. The summed E-state index contributed by atoms with van der Waals surface area (Å²) in [7, 11) is 3.66. The fourth-order valence-electron chi connectivity index (χ4n) is 3.66. The van der Waals surface area contributed by atoms with Gasteiger partial charge >= 0.3 is 5.97 Å². The van der Waals surface area contributed by atoms with Gasteiger partial charge in [0.15, 0.2) is 0 Å². The Morgan fingerprint density at radius 2 is 2.05 bits per heavy atom. The molecule has 2 aliphatic rings. The van der Waals surface area contributed by atoms with Gasteiger partial charge in [-0.25, -0.2) is 0 Å². The van der Waals surface area contributed by atoms with Crippen LogP contribution in [0.5, 0.6) is 0 Å². The van der Waals surface area contributed by atoms with Crippen LogP contribution in [0.4, 0.5) is 0 Å². The number of thioether (sulfide) groups is 1. The Morgan fingerprint density at radius 1 is 1.30 bits per heavy atom. The highest BCUT2D eigenvalue weighted by molar-refractivity contribution is 8.00. The van der Waals surface area contributed by atoms with Gasteiger partial charge in [0.2, 0.25) is 0 Å². The van der Waals surface area contributed by atoms with Crippen LogP contribution in [0.15, 0.2) is 35.2 Å². The molecule has 3 nitrogen and oxygen atoms in total. The SMILES string of the molecule is COC(=O)[C@@H]1[C@@H](Sc2ccccc2)C[C@@H]2CC[C@H]1N2C. The van der Waals surface area contributed by atoms with E-state index in [1.165, 1.54) is 18.4 Å². The third-order valence-corrected chi connectivity index (χ3v) is 6.05. The van der Waals surface area contributed by atoms with Crippen molar-refractivity contribution < 1.29 is 9.53 Å². The molecule has 4 heteroatoms. The lowest BCUT2D eigenvalue weighted by molar-refractivity contribution is -0.148. The number of benzene rings is 1. The molecule has 0 amide bonds. The third kappa shape index (κ3) is 2.47. The molecule has 3 rings (SSSR count). The average Bonchev–Trinajstić information content (AvgIpc) is 2.72. The number of piperidine rings is 1. The summed E-state index contributed by atoms with van der Waals surface area (Å²) < 4.78 is 5.08. The second-order valence-corrected chi connectivity index (χ2v) is 7.03. The summed E-state index contributed by atoms with van der Waals surface area (Å²) >= 11 is 1.84. The number of hydrogen-bond donors (Lipinski definition) is 0. The smallest absolute Gasteiger partial charge is 0.311 e. The van der Waals surface area contributed by atoms with Crippen LogP contribution < -0.4 is 0 Å². The number of ether oxygens (including phenoxy) is 1. The number of fused-ring (bicyclic) bond motifs is 2. The van der Waals surface area contributed by atoms with E-state index in [2.05, 4.69) is 36.2 Å². The molecular weight excluding hydrogens is 270 g/mol. The Bertz CT molecular complexity index is 479. The van der Waals surface area contributed by atoms with Crippen LogP contribution in [-0.2, 0) is 9.53 Å². The molecule has 2 saturated heterocycles. The summed E-state index contributed by atoms with van der Waals surface area (Å²) in [6.45, 7) is 0. The van der Waals surface area contributed by atoms with E-state index in [9.17, 15) is 4.79 Å². The molecule has 20 heavy (non-hydrogen) atoms. The Labute approximate surface area is 124 Å². The minimum Gasteiger partial charge on any atom is -0.469 e. The summed E-state index contributed by atoms with van der Waals surface area (Å²) in [5.41, 5.74) is 0. The fraction of sp³-hybridized carbons (Fsp3) is 0.562. The second kappa shape index (κ2) is 5.78. The summed E-state index contributed by atoms with van der Waals surface area (Å²) in [6.07, 6.45) is 3.40. The monoisotopic (exact) mass is 291 g/mol. The van der Waals surface area contributed by atoms with Gasteiger partial charge in [-0.2, -0.15) is 0 Å². The number of rotatable bonds is 3. The van der Waals surface area contributed by atoms with E-state index >= 15 is 0 Å². The van der Waals surface area contributed by atoms with Crippen LogP contribution >= 0.6 is 11.8 Å². The Morgan fingerprint density at radius 3 is 2.75 bits per heavy atom. The van der Waals surface area contributed by atoms with E-state index in [-0.39, 0.29) is 11.9 Å². The molecular formula is C16H21NO2S. The molecule has 0 aliphatic carbocycles. The van der Waals surface area contributed by atoms with Gasteiger partial charge in [0.05, 0.1) is 13.0 Å². The van der Waals surface area contributed by atoms with E-state index in [1.807, 2.05) is 17.8 Å². The Kier molecular flexibility index (Phi) is 4.03. The van der Waals surface area contributed by atoms with Crippen molar-refractivity contribution in [3.05, 3.63) is 30.3 Å². The first-order valence-corrected chi connectivity index (χ1v) is 8.10. The van der Waals surface area contributed by atoms with Crippen LogP contribution in [0.25, 0.3) is 0 Å². The van der Waals surface area contributed by atoms with Gasteiger partial charge in [-0.15, -0.1) is 11.8 Å². The number of carbonyl (C=O) groups is 1. The number of carbonyl (C=O) groups excluding carboxylic acids is 1. The maximum Gasteiger partial charge on any atom is 0.311 e. The predicted molar refractivity (Wildman–Crippen MR) is 80.8 cm³/mol.